The normalized spacial score (nSPS) is 19.7. The number of methoxy groups -OCH3 is 1. The van der Waals surface area contributed by atoms with Crippen LogP contribution in [0.4, 0.5) is 4.39 Å². The monoisotopic (exact) mass is 242 g/mol. The highest BCUT2D eigenvalue weighted by Gasteiger charge is 2.34. The van der Waals surface area contributed by atoms with E-state index >= 15 is 0 Å². The quantitative estimate of drug-likeness (QED) is 0.804. The van der Waals surface area contributed by atoms with Gasteiger partial charge in [-0.05, 0) is 23.8 Å². The van der Waals surface area contributed by atoms with Crippen molar-refractivity contribution in [3.63, 3.8) is 0 Å². The predicted molar refractivity (Wildman–Crippen MR) is 62.4 cm³/mol. The maximum Gasteiger partial charge on any atom is 0.124 e. The number of hydrogen-bond acceptors (Lipinski definition) is 3. The molecule has 1 aliphatic heterocycles. The van der Waals surface area contributed by atoms with Crippen molar-refractivity contribution >= 4 is 12.6 Å². The molecule has 1 saturated heterocycles. The van der Waals surface area contributed by atoms with Gasteiger partial charge < -0.3 is 9.47 Å². The smallest absolute Gasteiger partial charge is 0.124 e. The van der Waals surface area contributed by atoms with E-state index in [0.29, 0.717) is 18.1 Å². The van der Waals surface area contributed by atoms with Crippen LogP contribution >= 0.6 is 12.6 Å². The Hall–Kier alpha value is -0.580. The molecule has 4 heteroatoms. The zero-order valence-corrected chi connectivity index (χ0v) is 10.1. The lowest BCUT2D eigenvalue weighted by atomic mass is 9.86. The summed E-state index contributed by atoms with van der Waals surface area (Å²) in [5, 5.41) is 0. The van der Waals surface area contributed by atoms with E-state index in [1.807, 2.05) is 6.07 Å². The van der Waals surface area contributed by atoms with Gasteiger partial charge in [0.05, 0.1) is 5.60 Å². The van der Waals surface area contributed by atoms with Gasteiger partial charge in [0, 0.05) is 38.1 Å². The largest absolute Gasteiger partial charge is 0.381 e. The van der Waals surface area contributed by atoms with Gasteiger partial charge >= 0.3 is 0 Å². The van der Waals surface area contributed by atoms with Crippen molar-refractivity contribution in [1.29, 1.82) is 0 Å². The number of thiol groups is 1. The molecular formula is C12H15FO2S. The van der Waals surface area contributed by atoms with Crippen molar-refractivity contribution in [2.45, 2.75) is 23.3 Å². The Morgan fingerprint density at radius 2 is 2.00 bits per heavy atom. The second-order valence-electron chi connectivity index (χ2n) is 4.01. The van der Waals surface area contributed by atoms with Crippen LogP contribution in [0.5, 0.6) is 0 Å². The summed E-state index contributed by atoms with van der Waals surface area (Å²) in [7, 11) is 1.66. The van der Waals surface area contributed by atoms with E-state index < -0.39 is 5.60 Å². The molecule has 16 heavy (non-hydrogen) atoms. The van der Waals surface area contributed by atoms with Crippen LogP contribution in [0.15, 0.2) is 23.1 Å². The summed E-state index contributed by atoms with van der Waals surface area (Å²) in [6, 6.07) is 4.78. The highest BCUT2D eigenvalue weighted by Crippen LogP contribution is 2.36. The van der Waals surface area contributed by atoms with Crippen LogP contribution in [0.25, 0.3) is 0 Å². The Bertz CT molecular complexity index is 355. The summed E-state index contributed by atoms with van der Waals surface area (Å²) in [4.78, 5) is 0.623. The number of benzene rings is 1. The average molecular weight is 242 g/mol. The summed E-state index contributed by atoms with van der Waals surface area (Å²) in [6.07, 6.45) is 1.50. The minimum absolute atomic E-state index is 0.273. The first-order valence-electron chi connectivity index (χ1n) is 5.29. The second kappa shape index (κ2) is 4.73. The number of hydrogen-bond donors (Lipinski definition) is 1. The molecule has 1 fully saturated rings. The topological polar surface area (TPSA) is 18.5 Å². The first kappa shape index (κ1) is 11.9. The Kier molecular flexibility index (Phi) is 3.52. The molecule has 88 valence electrons. The molecule has 0 radical (unpaired) electrons. The minimum Gasteiger partial charge on any atom is -0.381 e. The van der Waals surface area contributed by atoms with Gasteiger partial charge in [0.25, 0.3) is 0 Å². The molecular weight excluding hydrogens is 227 g/mol. The molecule has 1 heterocycles. The maximum atomic E-state index is 13.4. The van der Waals surface area contributed by atoms with Crippen LogP contribution in [0.2, 0.25) is 0 Å². The summed E-state index contributed by atoms with van der Waals surface area (Å²) in [6.45, 7) is 1.29. The van der Waals surface area contributed by atoms with E-state index in [0.717, 1.165) is 18.4 Å². The second-order valence-corrected chi connectivity index (χ2v) is 4.53. The van der Waals surface area contributed by atoms with Crippen LogP contribution in [0, 0.1) is 5.82 Å². The molecule has 0 aromatic heterocycles. The van der Waals surface area contributed by atoms with E-state index in [1.165, 1.54) is 12.1 Å². The van der Waals surface area contributed by atoms with Gasteiger partial charge in [0.2, 0.25) is 0 Å². The third-order valence-electron chi connectivity index (χ3n) is 3.10. The van der Waals surface area contributed by atoms with Gasteiger partial charge in [-0.15, -0.1) is 12.6 Å². The Morgan fingerprint density at radius 1 is 1.31 bits per heavy atom. The molecule has 0 atom stereocenters. The molecule has 0 bridgehead atoms. The van der Waals surface area contributed by atoms with Crippen molar-refractivity contribution < 1.29 is 13.9 Å². The number of rotatable bonds is 2. The first-order valence-corrected chi connectivity index (χ1v) is 5.74. The molecule has 1 aliphatic rings. The molecule has 0 unspecified atom stereocenters. The Morgan fingerprint density at radius 3 is 2.56 bits per heavy atom. The molecule has 0 spiro atoms. The van der Waals surface area contributed by atoms with E-state index in [9.17, 15) is 4.39 Å². The summed E-state index contributed by atoms with van der Waals surface area (Å²) < 4.78 is 24.3. The summed E-state index contributed by atoms with van der Waals surface area (Å²) in [5.41, 5.74) is 0.431. The zero-order valence-electron chi connectivity index (χ0n) is 9.20. The summed E-state index contributed by atoms with van der Waals surface area (Å²) >= 11 is 4.19. The SMILES string of the molecule is COC1(c2cc(F)cc(S)c2)CCOCC1. The molecule has 2 rings (SSSR count). The third-order valence-corrected chi connectivity index (χ3v) is 3.36. The van der Waals surface area contributed by atoms with Gasteiger partial charge in [-0.1, -0.05) is 0 Å². The van der Waals surface area contributed by atoms with E-state index in [-0.39, 0.29) is 5.82 Å². The van der Waals surface area contributed by atoms with Crippen molar-refractivity contribution in [3.8, 4) is 0 Å². The maximum absolute atomic E-state index is 13.4. The standard InChI is InChI=1S/C12H15FO2S/c1-14-12(2-4-15-5-3-12)9-6-10(13)8-11(16)7-9/h6-8,16H,2-5H2,1H3. The predicted octanol–water partition coefficient (Wildman–Crippen LogP) is 2.77. The van der Waals surface area contributed by atoms with Crippen LogP contribution in [0.3, 0.4) is 0 Å². The molecule has 2 nitrogen and oxygen atoms in total. The molecule has 0 saturated carbocycles. The van der Waals surface area contributed by atoms with Crippen LogP contribution < -0.4 is 0 Å². The van der Waals surface area contributed by atoms with Crippen LogP contribution in [0.1, 0.15) is 18.4 Å². The fourth-order valence-electron chi connectivity index (χ4n) is 2.15. The zero-order chi connectivity index (χ0) is 11.6. The first-order chi connectivity index (χ1) is 7.66. The molecule has 0 N–H and O–H groups in total. The lowest BCUT2D eigenvalue weighted by Gasteiger charge is -2.36. The molecule has 1 aromatic rings. The fourth-order valence-corrected chi connectivity index (χ4v) is 2.41. The fraction of sp³-hybridized carbons (Fsp3) is 0.500. The van der Waals surface area contributed by atoms with E-state index in [2.05, 4.69) is 12.6 Å². The van der Waals surface area contributed by atoms with E-state index in [4.69, 9.17) is 9.47 Å². The Labute approximate surface area is 100 Å². The van der Waals surface area contributed by atoms with E-state index in [1.54, 1.807) is 7.11 Å². The van der Waals surface area contributed by atoms with Gasteiger partial charge in [-0.25, -0.2) is 4.39 Å². The molecule has 0 amide bonds. The van der Waals surface area contributed by atoms with Crippen molar-refractivity contribution in [2.24, 2.45) is 0 Å². The van der Waals surface area contributed by atoms with Gasteiger partial charge in [-0.2, -0.15) is 0 Å². The molecule has 0 aliphatic carbocycles. The lowest BCUT2D eigenvalue weighted by Crippen LogP contribution is -2.35. The highest BCUT2D eigenvalue weighted by molar-refractivity contribution is 7.80. The van der Waals surface area contributed by atoms with Crippen LogP contribution in [-0.4, -0.2) is 20.3 Å². The van der Waals surface area contributed by atoms with Crippen molar-refractivity contribution in [2.75, 3.05) is 20.3 Å². The van der Waals surface area contributed by atoms with Gasteiger partial charge in [-0.3, -0.25) is 0 Å². The minimum atomic E-state index is -0.419. The Balaban J connectivity index is 2.38. The van der Waals surface area contributed by atoms with Crippen molar-refractivity contribution in [3.05, 3.63) is 29.6 Å². The third kappa shape index (κ3) is 2.24. The lowest BCUT2D eigenvalue weighted by molar-refractivity contribution is -0.0950. The molecule has 1 aromatic carbocycles. The van der Waals surface area contributed by atoms with Gasteiger partial charge in [0.1, 0.15) is 5.82 Å². The van der Waals surface area contributed by atoms with Gasteiger partial charge in [0.15, 0.2) is 0 Å². The van der Waals surface area contributed by atoms with Crippen LogP contribution in [-0.2, 0) is 15.1 Å². The highest BCUT2D eigenvalue weighted by atomic mass is 32.1. The number of ether oxygens (including phenoxy) is 2. The average Bonchev–Trinajstić information content (AvgIpc) is 2.28. The van der Waals surface area contributed by atoms with Crippen molar-refractivity contribution in [1.82, 2.24) is 0 Å². The summed E-state index contributed by atoms with van der Waals surface area (Å²) in [5.74, 6) is -0.273. The number of halogens is 1.